The van der Waals surface area contributed by atoms with E-state index >= 15 is 0 Å². The van der Waals surface area contributed by atoms with Crippen molar-refractivity contribution in [3.05, 3.63) is 108 Å². The first-order chi connectivity index (χ1) is 42.4. The van der Waals surface area contributed by atoms with Gasteiger partial charge >= 0.3 is 24.0 Å². The minimum atomic E-state index is -4.82. The fraction of sp³-hybridized carbons (Fsp3) is 0.686. The molecule has 1 fully saturated rings. The van der Waals surface area contributed by atoms with Crippen LogP contribution in [0.1, 0.15) is 242 Å². The molecule has 0 aliphatic carbocycles. The van der Waals surface area contributed by atoms with Gasteiger partial charge in [-0.15, -0.1) is 0 Å². The van der Waals surface area contributed by atoms with E-state index in [0.717, 1.165) is 55.2 Å². The number of benzene rings is 3. The third-order valence-corrected chi connectivity index (χ3v) is 16.5. The van der Waals surface area contributed by atoms with Crippen LogP contribution in [0.15, 0.2) is 91.0 Å². The molecule has 0 aromatic heterocycles. The van der Waals surface area contributed by atoms with E-state index in [0.29, 0.717) is 12.8 Å². The molecule has 1 heterocycles. The zero-order valence-electron chi connectivity index (χ0n) is 53.0. The lowest BCUT2D eigenvalue weighted by Gasteiger charge is -2.45. The number of rotatable bonds is 52. The van der Waals surface area contributed by atoms with Crippen LogP contribution in [0, 0.1) is 0 Å². The first kappa shape index (κ1) is 74.6. The van der Waals surface area contributed by atoms with Crippen LogP contribution in [0.5, 0.6) is 0 Å². The third-order valence-electron chi connectivity index (χ3n) is 15.8. The number of carbonyl (C=O) groups excluding carboxylic acids is 4. The quantitative estimate of drug-likeness (QED) is 0.0233. The summed E-state index contributed by atoms with van der Waals surface area (Å²) < 4.78 is 85.0. The van der Waals surface area contributed by atoms with E-state index in [1.54, 1.807) is 12.1 Å². The highest BCUT2D eigenvalue weighted by Crippen LogP contribution is 2.32. The summed E-state index contributed by atoms with van der Waals surface area (Å²) in [7, 11) is -4.82. The molecule has 0 saturated carbocycles. The van der Waals surface area contributed by atoms with Crippen LogP contribution in [0.25, 0.3) is 0 Å². The fourth-order valence-electron chi connectivity index (χ4n) is 10.7. The number of nitrogens with one attached hydrogen (secondary N) is 1. The van der Waals surface area contributed by atoms with Crippen molar-refractivity contribution in [3.8, 4) is 0 Å². The van der Waals surface area contributed by atoms with Crippen molar-refractivity contribution in [3.63, 3.8) is 0 Å². The van der Waals surface area contributed by atoms with Gasteiger partial charge in [0.15, 0.2) is 18.5 Å². The highest BCUT2D eigenvalue weighted by Gasteiger charge is 2.51. The van der Waals surface area contributed by atoms with Crippen molar-refractivity contribution in [1.82, 2.24) is 5.32 Å². The Hall–Kier alpha value is -4.91. The highest BCUT2D eigenvalue weighted by molar-refractivity contribution is 7.85. The van der Waals surface area contributed by atoms with Crippen molar-refractivity contribution in [2.75, 3.05) is 25.5 Å². The van der Waals surface area contributed by atoms with Gasteiger partial charge in [0, 0.05) is 19.4 Å². The summed E-state index contributed by atoms with van der Waals surface area (Å²) >= 11 is 0. The second-order valence-electron chi connectivity index (χ2n) is 23.5. The normalized spacial score (nSPS) is 17.1. The minimum absolute atomic E-state index is 0.00929. The van der Waals surface area contributed by atoms with E-state index in [1.165, 1.54) is 141 Å². The van der Waals surface area contributed by atoms with Gasteiger partial charge in [-0.05, 0) is 29.5 Å². The Morgan fingerprint density at radius 2 is 0.862 bits per heavy atom. The number of carbonyl (C=O) groups is 4. The molecule has 2 N–H and O–H groups in total. The molecule has 0 bridgehead atoms. The van der Waals surface area contributed by atoms with Gasteiger partial charge in [-0.1, -0.05) is 285 Å². The number of ether oxygens (including phenoxy) is 8. The Balaban J connectivity index is 1.43. The molecule has 17 heteroatoms. The molecular weight excluding hydrogens is 1130 g/mol. The van der Waals surface area contributed by atoms with Crippen LogP contribution in [0.2, 0.25) is 0 Å². The average Bonchev–Trinajstić information content (AvgIpc) is 1.16. The number of esters is 3. The third kappa shape index (κ3) is 37.0. The zero-order valence-corrected chi connectivity index (χ0v) is 53.8. The molecule has 16 nitrogen and oxygen atoms in total. The van der Waals surface area contributed by atoms with Crippen molar-refractivity contribution in [1.29, 1.82) is 0 Å². The summed E-state index contributed by atoms with van der Waals surface area (Å²) in [4.78, 5) is 53.2. The van der Waals surface area contributed by atoms with Crippen molar-refractivity contribution in [2.45, 2.75) is 282 Å². The Morgan fingerprint density at radius 3 is 1.30 bits per heavy atom. The number of hydrogen-bond acceptors (Lipinski definition) is 14. The van der Waals surface area contributed by atoms with E-state index < -0.39 is 76.7 Å². The summed E-state index contributed by atoms with van der Waals surface area (Å²) in [6.07, 6.45) is 26.8. The van der Waals surface area contributed by atoms with E-state index in [9.17, 15) is 32.1 Å². The number of unbranched alkanes of at least 4 members (excludes halogenated alkanes) is 28. The topological polar surface area (TPSA) is 209 Å². The van der Waals surface area contributed by atoms with Gasteiger partial charge in [0.1, 0.15) is 37.3 Å². The van der Waals surface area contributed by atoms with Gasteiger partial charge in [0.25, 0.3) is 10.1 Å². The van der Waals surface area contributed by atoms with Crippen LogP contribution >= 0.6 is 0 Å². The molecule has 2 unspecified atom stereocenters. The van der Waals surface area contributed by atoms with Gasteiger partial charge in [0.05, 0.1) is 26.2 Å². The van der Waals surface area contributed by atoms with Crippen LogP contribution < -0.4 is 5.32 Å². The van der Waals surface area contributed by atoms with E-state index in [2.05, 4.69) is 19.2 Å². The van der Waals surface area contributed by atoms with E-state index in [4.69, 9.17) is 37.9 Å². The van der Waals surface area contributed by atoms with Gasteiger partial charge < -0.3 is 43.2 Å². The monoisotopic (exact) mass is 1240 g/mol. The maximum absolute atomic E-state index is 13.7. The first-order valence-electron chi connectivity index (χ1n) is 33.5. The fourth-order valence-corrected chi connectivity index (χ4v) is 11.4. The molecule has 490 valence electrons. The van der Waals surface area contributed by atoms with Crippen LogP contribution in [0.4, 0.5) is 4.79 Å². The molecular formula is C70H109NO15S. The molecule has 0 spiro atoms. The van der Waals surface area contributed by atoms with Crippen molar-refractivity contribution < 1.29 is 70.0 Å². The smallest absolute Gasteiger partial charge is 0.407 e. The predicted molar refractivity (Wildman–Crippen MR) is 340 cm³/mol. The van der Waals surface area contributed by atoms with E-state index in [-0.39, 0.29) is 58.8 Å². The lowest BCUT2D eigenvalue weighted by atomic mass is 9.98. The maximum Gasteiger partial charge on any atom is 0.407 e. The number of alkyl carbamates (subject to hydrolysis) is 1. The Kier molecular flexibility index (Phi) is 41.1. The molecule has 1 aliphatic rings. The first-order valence-corrected chi connectivity index (χ1v) is 35.1. The van der Waals surface area contributed by atoms with E-state index in [1.807, 2.05) is 78.9 Å². The Labute approximate surface area is 522 Å². The lowest BCUT2D eigenvalue weighted by molar-refractivity contribution is -0.317. The minimum Gasteiger partial charge on any atom is -0.462 e. The molecule has 3 aromatic carbocycles. The lowest BCUT2D eigenvalue weighted by Crippen LogP contribution is -2.62. The molecule has 4 rings (SSSR count). The SMILES string of the molecule is CCCCCCCCCCCCCCCCCC(=O)OCC(COC1O[C@H](CS(=O)(=O)O)[C@@H](OC(=O)CCNC(=O)OCc2ccccc2)[C@H](OCc2ccccc2)[C@H]1OCc1ccccc1)OC(=O)CCCCCCCCCCCCCCCCC. The summed E-state index contributed by atoms with van der Waals surface area (Å²) in [5.41, 5.74) is 2.25. The molecule has 1 saturated heterocycles. The summed E-state index contributed by atoms with van der Waals surface area (Å²) in [5.74, 6) is -2.82. The molecule has 6 atom stereocenters. The van der Waals surface area contributed by atoms with Gasteiger partial charge in [-0.3, -0.25) is 18.9 Å². The molecule has 1 aliphatic heterocycles. The summed E-state index contributed by atoms with van der Waals surface area (Å²) in [5, 5.41) is 2.53. The second kappa shape index (κ2) is 48.0. The number of hydrogen-bond donors (Lipinski definition) is 2. The average molecular weight is 1240 g/mol. The van der Waals surface area contributed by atoms with Gasteiger partial charge in [-0.25, -0.2) is 4.79 Å². The Bertz CT molecular complexity index is 2330. The predicted octanol–water partition coefficient (Wildman–Crippen LogP) is 16.0. The number of amides is 1. The zero-order chi connectivity index (χ0) is 62.3. The summed E-state index contributed by atoms with van der Waals surface area (Å²) in [6, 6.07) is 27.4. The van der Waals surface area contributed by atoms with Gasteiger partial charge in [-0.2, -0.15) is 8.42 Å². The Morgan fingerprint density at radius 1 is 0.460 bits per heavy atom. The molecule has 87 heavy (non-hydrogen) atoms. The van der Waals surface area contributed by atoms with Crippen molar-refractivity contribution >= 4 is 34.1 Å². The molecule has 3 aromatic rings. The highest BCUT2D eigenvalue weighted by atomic mass is 32.2. The van der Waals surface area contributed by atoms with Crippen LogP contribution in [-0.4, -0.2) is 99.3 Å². The molecule has 1 amide bonds. The van der Waals surface area contributed by atoms with Crippen LogP contribution in [0.3, 0.4) is 0 Å². The van der Waals surface area contributed by atoms with Gasteiger partial charge in [0.2, 0.25) is 0 Å². The van der Waals surface area contributed by atoms with Crippen LogP contribution in [-0.2, 0) is 82.2 Å². The molecule has 0 radical (unpaired) electrons. The second-order valence-corrected chi connectivity index (χ2v) is 25.0. The maximum atomic E-state index is 13.7. The standard InChI is InChI=1S/C70H109NO15S/c1-3-5-7-9-11-13-15-17-19-21-23-25-27-29-40-48-63(72)79-55-61(84-64(73)49-41-30-28-26-24-22-20-18-16-14-12-10-8-6-4-2)56-82-69-68(81-53-59-44-36-32-37-45-59)67(80-52-58-42-34-31-35-43-58)66(62(85-69)57-87(76,77)78)86-65(74)50-51-71-70(75)83-54-60-46-38-33-39-47-60/h31-39,42-47,61-62,66-69H,3-30,40-41,48-57H2,1-2H3,(H,71,75)(H,76,77,78)/t61?,62-,66-,67+,68-,69?/m1/s1. The summed E-state index contributed by atoms with van der Waals surface area (Å²) in [6.45, 7) is 3.54. The van der Waals surface area contributed by atoms with Crippen molar-refractivity contribution in [2.24, 2.45) is 0 Å². The largest absolute Gasteiger partial charge is 0.462 e.